The van der Waals surface area contributed by atoms with E-state index in [0.29, 0.717) is 11.2 Å². The van der Waals surface area contributed by atoms with Gasteiger partial charge < -0.3 is 5.32 Å². The molecule has 0 atom stereocenters. The van der Waals surface area contributed by atoms with Crippen molar-refractivity contribution >= 4 is 35.8 Å². The third-order valence-corrected chi connectivity index (χ3v) is 2.90. The lowest BCUT2D eigenvalue weighted by molar-refractivity contribution is 0.102. The van der Waals surface area contributed by atoms with E-state index in [4.69, 9.17) is 7.85 Å². The highest BCUT2D eigenvalue weighted by molar-refractivity contribution is 6.32. The summed E-state index contributed by atoms with van der Waals surface area (Å²) in [6.07, 6.45) is 3.20. The number of nitrogens with zero attached hydrogens (tertiary/aromatic N) is 2. The molecule has 0 spiro atoms. The number of amides is 1. The van der Waals surface area contributed by atoms with E-state index in [0.717, 1.165) is 10.9 Å². The van der Waals surface area contributed by atoms with Gasteiger partial charge in [-0.3, -0.25) is 14.8 Å². The number of carbonyl (C=O) groups excluding carboxylic acids is 1. The fraction of sp³-hybridized carbons (Fsp3) is 0. The van der Waals surface area contributed by atoms with E-state index in [-0.39, 0.29) is 11.6 Å². The predicted octanol–water partition coefficient (Wildman–Crippen LogP) is 1.68. The Bertz CT molecular complexity index is 783. The van der Waals surface area contributed by atoms with Crippen LogP contribution in [0.3, 0.4) is 0 Å². The first-order chi connectivity index (χ1) is 9.74. The molecule has 2 heterocycles. The molecule has 0 fully saturated rings. The van der Waals surface area contributed by atoms with Crippen LogP contribution in [0.4, 0.5) is 5.69 Å². The van der Waals surface area contributed by atoms with Crippen LogP contribution >= 0.6 is 0 Å². The first-order valence-electron chi connectivity index (χ1n) is 6.11. The molecule has 1 N–H and O–H groups in total. The summed E-state index contributed by atoms with van der Waals surface area (Å²) in [5.74, 6) is -0.310. The zero-order valence-corrected chi connectivity index (χ0v) is 10.6. The van der Waals surface area contributed by atoms with Gasteiger partial charge in [0.2, 0.25) is 0 Å². The number of nitrogens with one attached hydrogen (secondary N) is 1. The van der Waals surface area contributed by atoms with Crippen molar-refractivity contribution in [3.8, 4) is 0 Å². The van der Waals surface area contributed by atoms with Crippen LogP contribution in [-0.2, 0) is 0 Å². The van der Waals surface area contributed by atoms with Crippen molar-refractivity contribution in [1.82, 2.24) is 9.97 Å². The summed E-state index contributed by atoms with van der Waals surface area (Å²) in [5.41, 5.74) is 2.17. The summed E-state index contributed by atoms with van der Waals surface area (Å²) in [5, 5.41) is 3.77. The number of hydrogen-bond acceptors (Lipinski definition) is 3. The summed E-state index contributed by atoms with van der Waals surface area (Å²) in [4.78, 5) is 20.4. The highest BCUT2D eigenvalue weighted by atomic mass is 16.1. The molecule has 1 aromatic carbocycles. The molecule has 0 bridgehead atoms. The molecule has 94 valence electrons. The summed E-state index contributed by atoms with van der Waals surface area (Å²) in [7, 11) is 5.65. The van der Waals surface area contributed by atoms with Gasteiger partial charge in [0.1, 0.15) is 13.5 Å². The Balaban J connectivity index is 1.95. The Kier molecular flexibility index (Phi) is 3.17. The second-order valence-electron chi connectivity index (χ2n) is 4.31. The van der Waals surface area contributed by atoms with Gasteiger partial charge in [0.15, 0.2) is 0 Å². The van der Waals surface area contributed by atoms with Crippen LogP contribution in [0.25, 0.3) is 10.9 Å². The van der Waals surface area contributed by atoms with E-state index < -0.39 is 0 Å². The summed E-state index contributed by atoms with van der Waals surface area (Å²) in [6, 6.07) is 12.6. The monoisotopic (exact) mass is 259 g/mol. The molecule has 1 amide bonds. The van der Waals surface area contributed by atoms with Crippen molar-refractivity contribution < 1.29 is 4.79 Å². The van der Waals surface area contributed by atoms with Crippen LogP contribution in [0.2, 0.25) is 0 Å². The average Bonchev–Trinajstić information content (AvgIpc) is 2.47. The van der Waals surface area contributed by atoms with E-state index in [1.165, 1.54) is 12.3 Å². The maximum absolute atomic E-state index is 12.2. The van der Waals surface area contributed by atoms with Gasteiger partial charge in [-0.2, -0.15) is 0 Å². The molecule has 0 aliphatic rings. The molecule has 0 saturated carbocycles. The minimum absolute atomic E-state index is 0.276. The molecular formula is C15H10BN3O. The van der Waals surface area contributed by atoms with Crippen molar-refractivity contribution in [1.29, 1.82) is 0 Å². The van der Waals surface area contributed by atoms with Crippen molar-refractivity contribution in [3.05, 3.63) is 60.6 Å². The molecule has 2 aromatic heterocycles. The van der Waals surface area contributed by atoms with Gasteiger partial charge in [-0.15, -0.1) is 0 Å². The van der Waals surface area contributed by atoms with Gasteiger partial charge >= 0.3 is 0 Å². The molecule has 2 radical (unpaired) electrons. The van der Waals surface area contributed by atoms with E-state index in [9.17, 15) is 4.79 Å². The number of carbonyl (C=O) groups is 1. The Morgan fingerprint density at radius 1 is 1.05 bits per heavy atom. The smallest absolute Gasteiger partial charge is 0.274 e. The van der Waals surface area contributed by atoms with Crippen molar-refractivity contribution in [2.24, 2.45) is 0 Å². The molecular weight excluding hydrogens is 249 g/mol. The van der Waals surface area contributed by atoms with Gasteiger partial charge in [0.25, 0.3) is 5.91 Å². The van der Waals surface area contributed by atoms with Crippen LogP contribution < -0.4 is 10.8 Å². The van der Waals surface area contributed by atoms with E-state index in [1.807, 2.05) is 24.3 Å². The normalized spacial score (nSPS) is 10.4. The van der Waals surface area contributed by atoms with Crippen molar-refractivity contribution in [2.45, 2.75) is 0 Å². The van der Waals surface area contributed by atoms with E-state index in [1.54, 1.807) is 18.3 Å². The minimum Gasteiger partial charge on any atom is -0.319 e. The minimum atomic E-state index is -0.310. The molecule has 3 rings (SSSR count). The maximum Gasteiger partial charge on any atom is 0.274 e. The number of aromatic nitrogens is 2. The molecule has 5 heteroatoms. The van der Waals surface area contributed by atoms with Gasteiger partial charge in [0.05, 0.1) is 11.2 Å². The fourth-order valence-electron chi connectivity index (χ4n) is 1.96. The Morgan fingerprint density at radius 3 is 2.75 bits per heavy atom. The van der Waals surface area contributed by atoms with Crippen LogP contribution in [0.1, 0.15) is 10.5 Å². The number of anilines is 1. The molecule has 4 nitrogen and oxygen atoms in total. The molecule has 0 aliphatic carbocycles. The van der Waals surface area contributed by atoms with Crippen LogP contribution in [0, 0.1) is 0 Å². The largest absolute Gasteiger partial charge is 0.319 e. The fourth-order valence-corrected chi connectivity index (χ4v) is 1.96. The Morgan fingerprint density at radius 2 is 1.90 bits per heavy atom. The second-order valence-corrected chi connectivity index (χ2v) is 4.31. The van der Waals surface area contributed by atoms with Gasteiger partial charge in [0, 0.05) is 17.8 Å². The molecule has 0 saturated heterocycles. The third-order valence-electron chi connectivity index (χ3n) is 2.90. The van der Waals surface area contributed by atoms with Gasteiger partial charge in [-0.05, 0) is 18.2 Å². The zero-order valence-electron chi connectivity index (χ0n) is 10.6. The molecule has 20 heavy (non-hydrogen) atoms. The zero-order chi connectivity index (χ0) is 13.9. The standard InChI is InChI=1S/C15H10BN3O/c16-11-6-8-17-13(9-11)15(20)19-12-5-1-3-10-4-2-7-18-14(10)12/h1-9H,(H,19,20). The van der Waals surface area contributed by atoms with Crippen LogP contribution in [-0.4, -0.2) is 23.7 Å². The third kappa shape index (κ3) is 2.38. The number of benzene rings is 1. The predicted molar refractivity (Wildman–Crippen MR) is 79.3 cm³/mol. The second kappa shape index (κ2) is 5.13. The van der Waals surface area contributed by atoms with Crippen molar-refractivity contribution in [2.75, 3.05) is 5.32 Å². The maximum atomic E-state index is 12.2. The highest BCUT2D eigenvalue weighted by Gasteiger charge is 2.09. The summed E-state index contributed by atoms with van der Waals surface area (Å²) >= 11 is 0. The number of hydrogen-bond donors (Lipinski definition) is 1. The molecule has 0 aliphatic heterocycles. The SMILES string of the molecule is [B]c1ccnc(C(=O)Nc2cccc3cccnc23)c1. The highest BCUT2D eigenvalue weighted by Crippen LogP contribution is 2.20. The average molecular weight is 259 g/mol. The number of para-hydroxylation sites is 1. The Hall–Kier alpha value is -2.69. The first-order valence-corrected chi connectivity index (χ1v) is 6.11. The lowest BCUT2D eigenvalue weighted by atomic mass is 9.97. The van der Waals surface area contributed by atoms with Crippen molar-refractivity contribution in [3.63, 3.8) is 0 Å². The lowest BCUT2D eigenvalue weighted by Crippen LogP contribution is -2.17. The quantitative estimate of drug-likeness (QED) is 0.712. The number of rotatable bonds is 2. The summed E-state index contributed by atoms with van der Waals surface area (Å²) < 4.78 is 0. The molecule has 3 aromatic rings. The number of pyridine rings is 2. The topological polar surface area (TPSA) is 54.9 Å². The summed E-state index contributed by atoms with van der Waals surface area (Å²) in [6.45, 7) is 0. The van der Waals surface area contributed by atoms with E-state index in [2.05, 4.69) is 15.3 Å². The van der Waals surface area contributed by atoms with Gasteiger partial charge in [-0.1, -0.05) is 29.7 Å². The van der Waals surface area contributed by atoms with Crippen LogP contribution in [0.15, 0.2) is 54.9 Å². The Labute approximate surface area is 117 Å². The first kappa shape index (κ1) is 12.4. The molecule has 0 unspecified atom stereocenters. The van der Waals surface area contributed by atoms with Gasteiger partial charge in [-0.25, -0.2) is 0 Å². The van der Waals surface area contributed by atoms with Crippen LogP contribution in [0.5, 0.6) is 0 Å². The number of fused-ring (bicyclic) bond motifs is 1. The van der Waals surface area contributed by atoms with E-state index >= 15 is 0 Å². The lowest BCUT2D eigenvalue weighted by Gasteiger charge is -2.07.